The SMILES string of the molecule is Cc1cc(C)cc(OCCNC(=O)CN(c2ccc(Cl)cc2)S(=O)(=O)c2ccccc2)c1. The number of rotatable bonds is 9. The van der Waals surface area contributed by atoms with E-state index in [1.807, 2.05) is 32.0 Å². The van der Waals surface area contributed by atoms with Gasteiger partial charge in [0.2, 0.25) is 5.91 Å². The molecule has 0 aliphatic carbocycles. The predicted octanol–water partition coefficient (Wildman–Crippen LogP) is 4.35. The average molecular weight is 473 g/mol. The molecule has 0 radical (unpaired) electrons. The summed E-state index contributed by atoms with van der Waals surface area (Å²) in [4.78, 5) is 12.7. The Hall–Kier alpha value is -3.03. The molecule has 0 saturated heterocycles. The smallest absolute Gasteiger partial charge is 0.264 e. The zero-order valence-corrected chi connectivity index (χ0v) is 19.5. The maximum atomic E-state index is 13.2. The van der Waals surface area contributed by atoms with Gasteiger partial charge in [-0.1, -0.05) is 35.9 Å². The van der Waals surface area contributed by atoms with Crippen molar-refractivity contribution in [3.05, 3.63) is 88.9 Å². The van der Waals surface area contributed by atoms with Gasteiger partial charge in [0.1, 0.15) is 18.9 Å². The Morgan fingerprint density at radius 1 is 0.969 bits per heavy atom. The second kappa shape index (κ2) is 10.5. The number of hydrogen-bond donors (Lipinski definition) is 1. The van der Waals surface area contributed by atoms with Gasteiger partial charge in [-0.3, -0.25) is 9.10 Å². The highest BCUT2D eigenvalue weighted by Crippen LogP contribution is 2.25. The first-order valence-corrected chi connectivity index (χ1v) is 11.9. The first-order valence-electron chi connectivity index (χ1n) is 10.1. The molecular weight excluding hydrogens is 448 g/mol. The van der Waals surface area contributed by atoms with Crippen molar-refractivity contribution in [2.75, 3.05) is 24.0 Å². The fourth-order valence-electron chi connectivity index (χ4n) is 3.20. The number of aryl methyl sites for hydroxylation is 2. The third kappa shape index (κ3) is 6.24. The molecule has 8 heteroatoms. The molecule has 3 rings (SSSR count). The lowest BCUT2D eigenvalue weighted by molar-refractivity contribution is -0.119. The minimum atomic E-state index is -3.95. The molecule has 0 unspecified atom stereocenters. The quantitative estimate of drug-likeness (QED) is 0.470. The monoisotopic (exact) mass is 472 g/mol. The molecule has 0 aliphatic rings. The van der Waals surface area contributed by atoms with Gasteiger partial charge in [-0.2, -0.15) is 0 Å². The van der Waals surface area contributed by atoms with Crippen LogP contribution in [0.15, 0.2) is 77.7 Å². The van der Waals surface area contributed by atoms with Crippen molar-refractivity contribution >= 4 is 33.2 Å². The highest BCUT2D eigenvalue weighted by Gasteiger charge is 2.27. The lowest BCUT2D eigenvalue weighted by atomic mass is 10.1. The van der Waals surface area contributed by atoms with Gasteiger partial charge >= 0.3 is 0 Å². The van der Waals surface area contributed by atoms with Crippen molar-refractivity contribution in [1.82, 2.24) is 5.32 Å². The van der Waals surface area contributed by atoms with Gasteiger partial charge in [0, 0.05) is 5.02 Å². The third-order valence-electron chi connectivity index (χ3n) is 4.62. The molecule has 1 amide bonds. The van der Waals surface area contributed by atoms with E-state index in [9.17, 15) is 13.2 Å². The molecule has 3 aromatic carbocycles. The molecule has 0 aliphatic heterocycles. The summed E-state index contributed by atoms with van der Waals surface area (Å²) in [5, 5.41) is 3.19. The number of sulfonamides is 1. The molecule has 3 aromatic rings. The summed E-state index contributed by atoms with van der Waals surface area (Å²) in [5.74, 6) is 0.287. The fourth-order valence-corrected chi connectivity index (χ4v) is 4.77. The van der Waals surface area contributed by atoms with Crippen LogP contribution in [-0.4, -0.2) is 34.0 Å². The van der Waals surface area contributed by atoms with Crippen molar-refractivity contribution in [3.63, 3.8) is 0 Å². The Morgan fingerprint density at radius 2 is 1.59 bits per heavy atom. The Kier molecular flexibility index (Phi) is 7.77. The van der Waals surface area contributed by atoms with E-state index in [1.54, 1.807) is 42.5 Å². The number of ether oxygens (including phenoxy) is 1. The first-order chi connectivity index (χ1) is 15.3. The summed E-state index contributed by atoms with van der Waals surface area (Å²) < 4.78 is 33.2. The standard InChI is InChI=1S/C24H25ClN2O4S/c1-18-14-19(2)16-22(15-18)31-13-12-26-24(28)17-27(21-10-8-20(25)9-11-21)32(29,30)23-6-4-3-5-7-23/h3-11,14-16H,12-13,17H2,1-2H3,(H,26,28). The maximum Gasteiger partial charge on any atom is 0.264 e. The number of benzene rings is 3. The lowest BCUT2D eigenvalue weighted by Crippen LogP contribution is -2.41. The Morgan fingerprint density at radius 3 is 2.22 bits per heavy atom. The van der Waals surface area contributed by atoms with E-state index in [1.165, 1.54) is 12.1 Å². The number of nitrogens with zero attached hydrogens (tertiary/aromatic N) is 1. The molecule has 1 N–H and O–H groups in total. The number of hydrogen-bond acceptors (Lipinski definition) is 4. The molecule has 0 fully saturated rings. The van der Waals surface area contributed by atoms with Crippen molar-refractivity contribution in [2.24, 2.45) is 0 Å². The van der Waals surface area contributed by atoms with Crippen LogP contribution in [0.5, 0.6) is 5.75 Å². The summed E-state index contributed by atoms with van der Waals surface area (Å²) in [6.45, 7) is 4.11. The third-order valence-corrected chi connectivity index (χ3v) is 6.66. The van der Waals surface area contributed by atoms with E-state index in [-0.39, 0.29) is 24.6 Å². The van der Waals surface area contributed by atoms with Crippen LogP contribution in [0.3, 0.4) is 0 Å². The largest absolute Gasteiger partial charge is 0.492 e. The number of carbonyl (C=O) groups is 1. The lowest BCUT2D eigenvalue weighted by Gasteiger charge is -2.24. The predicted molar refractivity (Wildman–Crippen MR) is 127 cm³/mol. The van der Waals surface area contributed by atoms with E-state index < -0.39 is 15.9 Å². The Bertz CT molecular complexity index is 1150. The van der Waals surface area contributed by atoms with Crippen LogP contribution < -0.4 is 14.4 Å². The summed E-state index contributed by atoms with van der Waals surface area (Å²) in [6.07, 6.45) is 0. The molecule has 0 atom stereocenters. The average Bonchev–Trinajstić information content (AvgIpc) is 2.76. The van der Waals surface area contributed by atoms with Crippen LogP contribution in [-0.2, 0) is 14.8 Å². The van der Waals surface area contributed by atoms with Gasteiger partial charge in [-0.15, -0.1) is 0 Å². The van der Waals surface area contributed by atoms with Crippen LogP contribution in [0.4, 0.5) is 5.69 Å². The minimum absolute atomic E-state index is 0.0981. The molecule has 6 nitrogen and oxygen atoms in total. The van der Waals surface area contributed by atoms with Gasteiger partial charge in [0.15, 0.2) is 0 Å². The van der Waals surface area contributed by atoms with Crippen molar-refractivity contribution in [1.29, 1.82) is 0 Å². The molecule has 168 valence electrons. The summed E-state index contributed by atoms with van der Waals surface area (Å²) in [5.41, 5.74) is 2.53. The van der Waals surface area contributed by atoms with Crippen LogP contribution in [0.25, 0.3) is 0 Å². The second-order valence-electron chi connectivity index (χ2n) is 7.32. The number of halogens is 1. The molecule has 0 saturated carbocycles. The van der Waals surface area contributed by atoms with Gasteiger partial charge in [-0.05, 0) is 73.5 Å². The van der Waals surface area contributed by atoms with E-state index >= 15 is 0 Å². The molecular formula is C24H25ClN2O4S. The highest BCUT2D eigenvalue weighted by molar-refractivity contribution is 7.92. The normalized spacial score (nSPS) is 11.1. The van der Waals surface area contributed by atoms with Crippen molar-refractivity contribution in [2.45, 2.75) is 18.7 Å². The molecule has 32 heavy (non-hydrogen) atoms. The summed E-state index contributed by atoms with van der Waals surface area (Å²) >= 11 is 5.95. The van der Waals surface area contributed by atoms with Crippen LogP contribution >= 0.6 is 11.6 Å². The number of anilines is 1. The summed E-state index contributed by atoms with van der Waals surface area (Å²) in [6, 6.07) is 20.2. The molecule has 0 bridgehead atoms. The van der Waals surface area contributed by atoms with Gasteiger partial charge in [0.25, 0.3) is 10.0 Å². The number of carbonyl (C=O) groups excluding carboxylic acids is 1. The number of amides is 1. The highest BCUT2D eigenvalue weighted by atomic mass is 35.5. The van der Waals surface area contributed by atoms with E-state index in [0.717, 1.165) is 21.2 Å². The number of nitrogens with one attached hydrogen (secondary N) is 1. The first kappa shape index (κ1) is 23.6. The van der Waals surface area contributed by atoms with Crippen molar-refractivity contribution in [3.8, 4) is 5.75 Å². The van der Waals surface area contributed by atoms with Gasteiger partial charge in [-0.25, -0.2) is 8.42 Å². The Balaban J connectivity index is 1.68. The van der Waals surface area contributed by atoms with Gasteiger partial charge < -0.3 is 10.1 Å². The topological polar surface area (TPSA) is 75.7 Å². The van der Waals surface area contributed by atoms with Gasteiger partial charge in [0.05, 0.1) is 17.1 Å². The van der Waals surface area contributed by atoms with Crippen LogP contribution in [0, 0.1) is 13.8 Å². The maximum absolute atomic E-state index is 13.2. The van der Waals surface area contributed by atoms with Crippen LogP contribution in [0.2, 0.25) is 5.02 Å². The second-order valence-corrected chi connectivity index (χ2v) is 9.62. The minimum Gasteiger partial charge on any atom is -0.492 e. The fraction of sp³-hybridized carbons (Fsp3) is 0.208. The van der Waals surface area contributed by atoms with E-state index in [2.05, 4.69) is 5.32 Å². The van der Waals surface area contributed by atoms with E-state index in [0.29, 0.717) is 10.7 Å². The molecule has 0 aromatic heterocycles. The van der Waals surface area contributed by atoms with Crippen molar-refractivity contribution < 1.29 is 17.9 Å². The molecule has 0 spiro atoms. The summed E-state index contributed by atoms with van der Waals surface area (Å²) in [7, 11) is -3.95. The zero-order valence-electron chi connectivity index (χ0n) is 17.9. The molecule has 0 heterocycles. The van der Waals surface area contributed by atoms with E-state index in [4.69, 9.17) is 16.3 Å². The zero-order chi connectivity index (χ0) is 23.1. The van der Waals surface area contributed by atoms with Crippen LogP contribution in [0.1, 0.15) is 11.1 Å². The Labute approximate surface area is 193 Å².